The molecular formula is C14H23ClN4O2. The van der Waals surface area contributed by atoms with Crippen molar-refractivity contribution in [2.45, 2.75) is 32.9 Å². The Bertz CT molecular complexity index is 465. The molecule has 1 rings (SSSR count). The van der Waals surface area contributed by atoms with Gasteiger partial charge in [-0.2, -0.15) is 0 Å². The highest BCUT2D eigenvalue weighted by Gasteiger charge is 2.19. The molecule has 6 nitrogen and oxygen atoms in total. The molecular weight excluding hydrogens is 292 g/mol. The van der Waals surface area contributed by atoms with E-state index in [0.717, 1.165) is 12.0 Å². The minimum Gasteiger partial charge on any atom is -0.352 e. The molecule has 118 valence electrons. The van der Waals surface area contributed by atoms with E-state index in [1.165, 1.54) is 0 Å². The van der Waals surface area contributed by atoms with Gasteiger partial charge < -0.3 is 22.1 Å². The standard InChI is InChI=1S/C14H22N4O2.ClH/c1-3-9(2)12(15)13(19)18-11-6-4-10(5-7-11)8-17-14(16)20;/h4-7,9,12H,3,8,15H2,1-2H3,(H,18,19)(H3,16,17,20);1H. The molecule has 1 aromatic rings. The maximum atomic E-state index is 11.9. The lowest BCUT2D eigenvalue weighted by molar-refractivity contribution is -0.118. The van der Waals surface area contributed by atoms with Crippen molar-refractivity contribution >= 4 is 30.0 Å². The lowest BCUT2D eigenvalue weighted by Crippen LogP contribution is -2.40. The van der Waals surface area contributed by atoms with Crippen LogP contribution in [0.2, 0.25) is 0 Å². The van der Waals surface area contributed by atoms with E-state index >= 15 is 0 Å². The molecule has 21 heavy (non-hydrogen) atoms. The third kappa shape index (κ3) is 6.46. The van der Waals surface area contributed by atoms with Crippen LogP contribution in [0.4, 0.5) is 10.5 Å². The Morgan fingerprint density at radius 1 is 1.24 bits per heavy atom. The Hall–Kier alpha value is -1.79. The van der Waals surface area contributed by atoms with Gasteiger partial charge in [-0.15, -0.1) is 12.4 Å². The number of benzene rings is 1. The fraction of sp³-hybridized carbons (Fsp3) is 0.429. The van der Waals surface area contributed by atoms with Crippen molar-refractivity contribution in [1.29, 1.82) is 0 Å². The van der Waals surface area contributed by atoms with Crippen molar-refractivity contribution in [2.24, 2.45) is 17.4 Å². The molecule has 0 fully saturated rings. The summed E-state index contributed by atoms with van der Waals surface area (Å²) in [5.74, 6) is -0.0589. The van der Waals surface area contributed by atoms with Crippen LogP contribution in [0, 0.1) is 5.92 Å². The van der Waals surface area contributed by atoms with Gasteiger partial charge in [-0.3, -0.25) is 4.79 Å². The molecule has 0 aromatic heterocycles. The van der Waals surface area contributed by atoms with Gasteiger partial charge >= 0.3 is 6.03 Å². The Labute approximate surface area is 131 Å². The molecule has 0 spiro atoms. The maximum absolute atomic E-state index is 11.9. The fourth-order valence-corrected chi connectivity index (χ4v) is 1.63. The number of anilines is 1. The molecule has 0 heterocycles. The highest BCUT2D eigenvalue weighted by Crippen LogP contribution is 2.12. The van der Waals surface area contributed by atoms with Gasteiger partial charge in [0.05, 0.1) is 6.04 Å². The summed E-state index contributed by atoms with van der Waals surface area (Å²) in [7, 11) is 0. The predicted octanol–water partition coefficient (Wildman–Crippen LogP) is 1.59. The van der Waals surface area contributed by atoms with E-state index in [4.69, 9.17) is 11.5 Å². The van der Waals surface area contributed by atoms with E-state index in [-0.39, 0.29) is 24.2 Å². The van der Waals surface area contributed by atoms with E-state index in [2.05, 4.69) is 10.6 Å². The molecule has 2 atom stereocenters. The summed E-state index contributed by atoms with van der Waals surface area (Å²) in [4.78, 5) is 22.5. The first-order valence-electron chi connectivity index (χ1n) is 6.62. The van der Waals surface area contributed by atoms with Gasteiger partial charge in [0.25, 0.3) is 0 Å². The SMILES string of the molecule is CCC(C)C(N)C(=O)Nc1ccc(CNC(N)=O)cc1.Cl. The van der Waals surface area contributed by atoms with E-state index < -0.39 is 12.1 Å². The predicted molar refractivity (Wildman–Crippen MR) is 86.2 cm³/mol. The minimum atomic E-state index is -0.568. The lowest BCUT2D eigenvalue weighted by atomic mass is 9.99. The molecule has 0 saturated heterocycles. The zero-order chi connectivity index (χ0) is 15.1. The first-order chi connectivity index (χ1) is 9.43. The van der Waals surface area contributed by atoms with Crippen molar-refractivity contribution in [1.82, 2.24) is 5.32 Å². The number of hydrogen-bond donors (Lipinski definition) is 4. The quantitative estimate of drug-likeness (QED) is 0.640. The molecule has 6 N–H and O–H groups in total. The zero-order valence-electron chi connectivity index (χ0n) is 12.3. The smallest absolute Gasteiger partial charge is 0.312 e. The first kappa shape index (κ1) is 19.2. The van der Waals surface area contributed by atoms with Crippen molar-refractivity contribution in [3.05, 3.63) is 29.8 Å². The number of primary amides is 1. The fourth-order valence-electron chi connectivity index (χ4n) is 1.63. The summed E-state index contributed by atoms with van der Waals surface area (Å²) in [6.45, 7) is 4.30. The molecule has 7 heteroatoms. The molecule has 0 aliphatic carbocycles. The molecule has 0 saturated carbocycles. The third-order valence-electron chi connectivity index (χ3n) is 3.25. The zero-order valence-corrected chi connectivity index (χ0v) is 13.1. The summed E-state index contributed by atoms with van der Waals surface area (Å²) < 4.78 is 0. The van der Waals surface area contributed by atoms with Crippen LogP contribution in [0.5, 0.6) is 0 Å². The van der Waals surface area contributed by atoms with Crippen LogP contribution in [0.15, 0.2) is 24.3 Å². The average Bonchev–Trinajstić information content (AvgIpc) is 2.44. The van der Waals surface area contributed by atoms with Crippen LogP contribution in [0.1, 0.15) is 25.8 Å². The van der Waals surface area contributed by atoms with E-state index in [0.29, 0.717) is 12.2 Å². The van der Waals surface area contributed by atoms with Crippen LogP contribution in [0.3, 0.4) is 0 Å². The Kier molecular flexibility index (Phi) is 8.42. The second-order valence-electron chi connectivity index (χ2n) is 4.82. The highest BCUT2D eigenvalue weighted by atomic mass is 35.5. The van der Waals surface area contributed by atoms with E-state index in [9.17, 15) is 9.59 Å². The van der Waals surface area contributed by atoms with E-state index in [1.54, 1.807) is 24.3 Å². The number of carbonyl (C=O) groups excluding carboxylic acids is 2. The maximum Gasteiger partial charge on any atom is 0.312 e. The second kappa shape index (κ2) is 9.20. The number of urea groups is 1. The molecule has 0 radical (unpaired) electrons. The monoisotopic (exact) mass is 314 g/mol. The van der Waals surface area contributed by atoms with E-state index in [1.807, 2.05) is 13.8 Å². The summed E-state index contributed by atoms with van der Waals surface area (Å²) in [5, 5.41) is 5.27. The van der Waals surface area contributed by atoms with Gasteiger partial charge in [0.2, 0.25) is 5.91 Å². The summed E-state index contributed by atoms with van der Waals surface area (Å²) in [6, 6.07) is 6.05. The second-order valence-corrected chi connectivity index (χ2v) is 4.82. The van der Waals surface area contributed by atoms with Crippen LogP contribution < -0.4 is 22.1 Å². The van der Waals surface area contributed by atoms with Gasteiger partial charge in [0.1, 0.15) is 0 Å². The third-order valence-corrected chi connectivity index (χ3v) is 3.25. The molecule has 3 amide bonds. The van der Waals surface area contributed by atoms with Gasteiger partial charge in [-0.1, -0.05) is 32.4 Å². The van der Waals surface area contributed by atoms with Crippen molar-refractivity contribution < 1.29 is 9.59 Å². The Balaban J connectivity index is 0.00000400. The molecule has 0 aliphatic heterocycles. The largest absolute Gasteiger partial charge is 0.352 e. The number of nitrogens with one attached hydrogen (secondary N) is 2. The average molecular weight is 315 g/mol. The van der Waals surface area contributed by atoms with Crippen LogP contribution in [-0.2, 0) is 11.3 Å². The Morgan fingerprint density at radius 2 is 1.81 bits per heavy atom. The highest BCUT2D eigenvalue weighted by molar-refractivity contribution is 5.94. The van der Waals surface area contributed by atoms with Crippen molar-refractivity contribution in [3.8, 4) is 0 Å². The number of amides is 3. The summed E-state index contributed by atoms with van der Waals surface area (Å²) in [5.41, 5.74) is 12.4. The number of halogens is 1. The molecule has 2 unspecified atom stereocenters. The number of hydrogen-bond acceptors (Lipinski definition) is 3. The Morgan fingerprint density at radius 3 is 2.29 bits per heavy atom. The molecule has 0 aliphatic rings. The van der Waals surface area contributed by atoms with Crippen molar-refractivity contribution in [3.63, 3.8) is 0 Å². The number of rotatable bonds is 6. The number of nitrogens with two attached hydrogens (primary N) is 2. The lowest BCUT2D eigenvalue weighted by Gasteiger charge is -2.17. The van der Waals surface area contributed by atoms with Crippen LogP contribution >= 0.6 is 12.4 Å². The van der Waals surface area contributed by atoms with Gasteiger partial charge in [0.15, 0.2) is 0 Å². The van der Waals surface area contributed by atoms with Gasteiger partial charge in [0, 0.05) is 12.2 Å². The first-order valence-corrected chi connectivity index (χ1v) is 6.62. The van der Waals surface area contributed by atoms with Gasteiger partial charge in [-0.05, 0) is 23.6 Å². The normalized spacial score (nSPS) is 12.7. The van der Waals surface area contributed by atoms with Crippen LogP contribution in [-0.4, -0.2) is 18.0 Å². The van der Waals surface area contributed by atoms with Crippen molar-refractivity contribution in [2.75, 3.05) is 5.32 Å². The molecule has 0 bridgehead atoms. The van der Waals surface area contributed by atoms with Gasteiger partial charge in [-0.25, -0.2) is 4.79 Å². The summed E-state index contributed by atoms with van der Waals surface area (Å²) in [6.07, 6.45) is 0.853. The van der Waals surface area contributed by atoms with Crippen LogP contribution in [0.25, 0.3) is 0 Å². The summed E-state index contributed by atoms with van der Waals surface area (Å²) >= 11 is 0. The topological polar surface area (TPSA) is 110 Å². The number of carbonyl (C=O) groups is 2. The molecule has 1 aromatic carbocycles. The minimum absolute atomic E-state index is 0.